The number of aromatic nitrogens is 1. The summed E-state index contributed by atoms with van der Waals surface area (Å²) in [6, 6.07) is -0.329. The van der Waals surface area contributed by atoms with Gasteiger partial charge in [0.2, 0.25) is 0 Å². The number of rotatable bonds is 7. The Morgan fingerprint density at radius 2 is 2.10 bits per heavy atom. The predicted octanol–water partition coefficient (Wildman–Crippen LogP) is 2.45. The Labute approximate surface area is 126 Å². The molecule has 6 nitrogen and oxygen atoms in total. The van der Waals surface area contributed by atoms with E-state index in [2.05, 4.69) is 15.8 Å². The minimum Gasteiger partial charge on any atom is -0.396 e. The molecule has 1 rings (SSSR count). The maximum Gasteiger partial charge on any atom is 0.315 e. The molecule has 120 valence electrons. The van der Waals surface area contributed by atoms with Crippen molar-refractivity contribution in [3.8, 4) is 0 Å². The van der Waals surface area contributed by atoms with Crippen LogP contribution in [0.2, 0.25) is 0 Å². The van der Waals surface area contributed by atoms with Crippen molar-refractivity contribution in [1.29, 1.82) is 0 Å². The third-order valence-electron chi connectivity index (χ3n) is 3.67. The standard InChI is InChI=1S/C15H27N3O3/c1-6-12(13-10(2)18-21-11(13)3)17-14(20)16-9-15(4,5)7-8-19/h12,19H,6-9H2,1-5H3,(H2,16,17,20). The molecule has 1 aromatic heterocycles. The molecule has 1 unspecified atom stereocenters. The number of aliphatic hydroxyl groups is 1. The molecule has 1 aromatic rings. The van der Waals surface area contributed by atoms with E-state index in [4.69, 9.17) is 9.63 Å². The molecule has 6 heteroatoms. The first-order valence-electron chi connectivity index (χ1n) is 7.38. The van der Waals surface area contributed by atoms with Crippen molar-refractivity contribution < 1.29 is 14.4 Å². The van der Waals surface area contributed by atoms with E-state index in [1.165, 1.54) is 0 Å². The van der Waals surface area contributed by atoms with Crippen LogP contribution in [0.25, 0.3) is 0 Å². The zero-order valence-electron chi connectivity index (χ0n) is 13.6. The van der Waals surface area contributed by atoms with Gasteiger partial charge >= 0.3 is 6.03 Å². The first kappa shape index (κ1) is 17.5. The van der Waals surface area contributed by atoms with Gasteiger partial charge in [0, 0.05) is 18.7 Å². The van der Waals surface area contributed by atoms with E-state index in [0.717, 1.165) is 23.4 Å². The monoisotopic (exact) mass is 297 g/mol. The average molecular weight is 297 g/mol. The number of nitrogens with one attached hydrogen (secondary N) is 2. The summed E-state index contributed by atoms with van der Waals surface area (Å²) in [5, 5.41) is 18.7. The lowest BCUT2D eigenvalue weighted by atomic mass is 9.90. The van der Waals surface area contributed by atoms with Crippen molar-refractivity contribution in [2.75, 3.05) is 13.2 Å². The number of hydrogen-bond acceptors (Lipinski definition) is 4. The summed E-state index contributed by atoms with van der Waals surface area (Å²) in [5.41, 5.74) is 1.62. The van der Waals surface area contributed by atoms with E-state index in [1.54, 1.807) is 0 Å². The van der Waals surface area contributed by atoms with E-state index in [-0.39, 0.29) is 24.1 Å². The Morgan fingerprint density at radius 1 is 1.43 bits per heavy atom. The van der Waals surface area contributed by atoms with Gasteiger partial charge in [-0.25, -0.2) is 4.79 Å². The van der Waals surface area contributed by atoms with Gasteiger partial charge in [0.15, 0.2) is 0 Å². The Kier molecular flexibility index (Phi) is 6.20. The highest BCUT2D eigenvalue weighted by Gasteiger charge is 2.22. The molecule has 0 aliphatic carbocycles. The first-order valence-corrected chi connectivity index (χ1v) is 7.38. The maximum atomic E-state index is 12.0. The van der Waals surface area contributed by atoms with Crippen LogP contribution in [0.5, 0.6) is 0 Å². The number of nitrogens with zero attached hydrogens (tertiary/aromatic N) is 1. The Hall–Kier alpha value is -1.56. The van der Waals surface area contributed by atoms with Crippen LogP contribution in [0.4, 0.5) is 4.79 Å². The van der Waals surface area contributed by atoms with E-state index in [0.29, 0.717) is 13.0 Å². The second-order valence-corrected chi connectivity index (χ2v) is 6.16. The van der Waals surface area contributed by atoms with Crippen molar-refractivity contribution in [2.24, 2.45) is 5.41 Å². The zero-order valence-corrected chi connectivity index (χ0v) is 13.6. The molecule has 3 N–H and O–H groups in total. The molecule has 0 bridgehead atoms. The molecule has 0 saturated heterocycles. The van der Waals surface area contributed by atoms with Crippen LogP contribution in [0.3, 0.4) is 0 Å². The summed E-state index contributed by atoms with van der Waals surface area (Å²) in [6.07, 6.45) is 1.41. The Bertz CT molecular complexity index is 449. The summed E-state index contributed by atoms with van der Waals surface area (Å²) in [6.45, 7) is 10.4. The van der Waals surface area contributed by atoms with Crippen LogP contribution < -0.4 is 10.6 Å². The molecule has 0 aromatic carbocycles. The molecule has 0 aliphatic rings. The second kappa shape index (κ2) is 7.45. The topological polar surface area (TPSA) is 87.4 Å². The highest BCUT2D eigenvalue weighted by molar-refractivity contribution is 5.74. The lowest BCUT2D eigenvalue weighted by Gasteiger charge is -2.25. The van der Waals surface area contributed by atoms with Gasteiger partial charge in [-0.05, 0) is 32.1 Å². The normalized spacial score (nSPS) is 13.0. The van der Waals surface area contributed by atoms with Gasteiger partial charge in [-0.3, -0.25) is 0 Å². The molecule has 1 heterocycles. The maximum absolute atomic E-state index is 12.0. The molecule has 2 amide bonds. The molecular weight excluding hydrogens is 270 g/mol. The SMILES string of the molecule is CCC(NC(=O)NCC(C)(C)CCO)c1c(C)noc1C. The van der Waals surface area contributed by atoms with Gasteiger partial charge in [0.05, 0.1) is 11.7 Å². The predicted molar refractivity (Wildman–Crippen MR) is 81.0 cm³/mol. The second-order valence-electron chi connectivity index (χ2n) is 6.16. The van der Waals surface area contributed by atoms with Gasteiger partial charge in [-0.1, -0.05) is 25.9 Å². The molecule has 0 aliphatic heterocycles. The lowest BCUT2D eigenvalue weighted by Crippen LogP contribution is -2.42. The van der Waals surface area contributed by atoms with Crippen LogP contribution in [0, 0.1) is 19.3 Å². The zero-order chi connectivity index (χ0) is 16.0. The molecule has 1 atom stereocenters. The number of aryl methyl sites for hydroxylation is 2. The summed E-state index contributed by atoms with van der Waals surface area (Å²) < 4.78 is 5.16. The van der Waals surface area contributed by atoms with E-state index >= 15 is 0 Å². The average Bonchev–Trinajstić information content (AvgIpc) is 2.74. The fraction of sp³-hybridized carbons (Fsp3) is 0.733. The van der Waals surface area contributed by atoms with Crippen LogP contribution in [0.1, 0.15) is 56.7 Å². The molecule has 21 heavy (non-hydrogen) atoms. The van der Waals surface area contributed by atoms with Gasteiger partial charge < -0.3 is 20.3 Å². The van der Waals surface area contributed by atoms with Gasteiger partial charge in [0.1, 0.15) is 5.76 Å². The summed E-state index contributed by atoms with van der Waals surface area (Å²) in [7, 11) is 0. The van der Waals surface area contributed by atoms with Crippen molar-refractivity contribution >= 4 is 6.03 Å². The molecule has 0 saturated carbocycles. The number of hydrogen-bond donors (Lipinski definition) is 3. The van der Waals surface area contributed by atoms with Crippen molar-refractivity contribution in [1.82, 2.24) is 15.8 Å². The largest absolute Gasteiger partial charge is 0.396 e. The molecular formula is C15H27N3O3. The summed E-state index contributed by atoms with van der Waals surface area (Å²) in [5.74, 6) is 0.736. The summed E-state index contributed by atoms with van der Waals surface area (Å²) >= 11 is 0. The molecule has 0 spiro atoms. The van der Waals surface area contributed by atoms with Crippen LogP contribution in [-0.4, -0.2) is 29.4 Å². The van der Waals surface area contributed by atoms with Gasteiger partial charge in [-0.15, -0.1) is 0 Å². The first-order chi connectivity index (χ1) is 9.80. The third-order valence-corrected chi connectivity index (χ3v) is 3.67. The Morgan fingerprint density at radius 3 is 2.57 bits per heavy atom. The van der Waals surface area contributed by atoms with Crippen LogP contribution >= 0.6 is 0 Å². The fourth-order valence-electron chi connectivity index (χ4n) is 2.29. The summed E-state index contributed by atoms with van der Waals surface area (Å²) in [4.78, 5) is 12.0. The van der Waals surface area contributed by atoms with E-state index in [1.807, 2.05) is 34.6 Å². The van der Waals surface area contributed by atoms with Crippen molar-refractivity contribution in [2.45, 2.75) is 53.5 Å². The third kappa shape index (κ3) is 5.04. The molecule has 0 fully saturated rings. The van der Waals surface area contributed by atoms with Crippen LogP contribution in [0.15, 0.2) is 4.52 Å². The number of urea groups is 1. The van der Waals surface area contributed by atoms with Gasteiger partial charge in [-0.2, -0.15) is 0 Å². The van der Waals surface area contributed by atoms with Gasteiger partial charge in [0.25, 0.3) is 0 Å². The quantitative estimate of drug-likeness (QED) is 0.721. The highest BCUT2D eigenvalue weighted by atomic mass is 16.5. The number of carbonyl (C=O) groups excluding carboxylic acids is 1. The molecule has 0 radical (unpaired) electrons. The fourth-order valence-corrected chi connectivity index (χ4v) is 2.29. The van der Waals surface area contributed by atoms with Crippen molar-refractivity contribution in [3.05, 3.63) is 17.0 Å². The number of aliphatic hydroxyl groups excluding tert-OH is 1. The van der Waals surface area contributed by atoms with E-state index in [9.17, 15) is 4.79 Å². The minimum absolute atomic E-state index is 0.114. The van der Waals surface area contributed by atoms with Crippen molar-refractivity contribution in [3.63, 3.8) is 0 Å². The van der Waals surface area contributed by atoms with Crippen LogP contribution in [-0.2, 0) is 0 Å². The highest BCUT2D eigenvalue weighted by Crippen LogP contribution is 2.24. The lowest BCUT2D eigenvalue weighted by molar-refractivity contribution is 0.200. The smallest absolute Gasteiger partial charge is 0.315 e. The number of amides is 2. The Balaban J connectivity index is 2.60. The minimum atomic E-state index is -0.215. The number of carbonyl (C=O) groups is 1. The van der Waals surface area contributed by atoms with E-state index < -0.39 is 0 Å².